The number of likely N-dealkylation sites (N-methyl/N-ethyl adjacent to an activating group) is 1. The highest BCUT2D eigenvalue weighted by atomic mass is 32.1. The molecule has 0 fully saturated rings. The Morgan fingerprint density at radius 3 is 2.44 bits per heavy atom. The first kappa shape index (κ1) is 25.4. The summed E-state index contributed by atoms with van der Waals surface area (Å²) in [6.07, 6.45) is 4.06. The number of hydrogen-bond acceptors (Lipinski definition) is 5. The predicted octanol–water partition coefficient (Wildman–Crippen LogP) is 7.08. The van der Waals surface area contributed by atoms with Gasteiger partial charge >= 0.3 is 0 Å². The van der Waals surface area contributed by atoms with Crippen LogP contribution in [0, 0.1) is 0 Å². The van der Waals surface area contributed by atoms with Gasteiger partial charge in [0, 0.05) is 58.8 Å². The van der Waals surface area contributed by atoms with E-state index in [0.717, 1.165) is 53.6 Å². The minimum absolute atomic E-state index is 0.234. The maximum absolute atomic E-state index is 13.5. The van der Waals surface area contributed by atoms with Crippen LogP contribution >= 0.6 is 11.3 Å². The molecule has 7 rings (SSSR count). The summed E-state index contributed by atoms with van der Waals surface area (Å²) in [7, 11) is 3.87. The average Bonchev–Trinajstić information content (AvgIpc) is 3.57. The SMILES string of the molecule is C=CCn1cc(-c2nc3ccccc3s2)c2cc(-c3ccc4c5c(cccc35)C(=O)N(CCN(C)C)C4=O)ccc21. The molecule has 0 bridgehead atoms. The van der Waals surface area contributed by atoms with Gasteiger partial charge in [-0.25, -0.2) is 4.98 Å². The first-order valence-corrected chi connectivity index (χ1v) is 14.4. The standard InChI is InChI=1S/C34H28N4O2S/c1-4-16-37-20-27(32-35-28-10-5-6-11-30(28)41-32)26-19-21(12-15-29(26)37)22-13-14-25-31-23(22)8-7-9-24(31)33(39)38(34(25)40)18-17-36(2)3/h4-15,19-20H,1,16-18H2,2-3H3. The van der Waals surface area contributed by atoms with Crippen LogP contribution in [0.15, 0.2) is 91.6 Å². The second-order valence-electron chi connectivity index (χ2n) is 10.7. The molecule has 6 aromatic rings. The Morgan fingerprint density at radius 1 is 0.878 bits per heavy atom. The number of aromatic nitrogens is 2. The molecule has 202 valence electrons. The predicted molar refractivity (Wildman–Crippen MR) is 168 cm³/mol. The van der Waals surface area contributed by atoms with Crippen LogP contribution < -0.4 is 0 Å². The lowest BCUT2D eigenvalue weighted by molar-refractivity contribution is 0.0601. The van der Waals surface area contributed by atoms with E-state index in [0.29, 0.717) is 30.8 Å². The number of benzene rings is 4. The van der Waals surface area contributed by atoms with Crippen LogP contribution in [-0.2, 0) is 6.54 Å². The number of thiazole rings is 1. The Kier molecular flexibility index (Phi) is 6.07. The van der Waals surface area contributed by atoms with E-state index in [-0.39, 0.29) is 11.8 Å². The molecule has 1 aliphatic heterocycles. The van der Waals surface area contributed by atoms with Crippen molar-refractivity contribution in [1.82, 2.24) is 19.4 Å². The molecule has 2 amide bonds. The third-order valence-electron chi connectivity index (χ3n) is 7.80. The van der Waals surface area contributed by atoms with Gasteiger partial charge in [0.2, 0.25) is 0 Å². The lowest BCUT2D eigenvalue weighted by Crippen LogP contribution is -2.43. The Hall–Kier alpha value is -4.59. The largest absolute Gasteiger partial charge is 0.343 e. The highest BCUT2D eigenvalue weighted by Crippen LogP contribution is 2.40. The fourth-order valence-corrected chi connectivity index (χ4v) is 6.80. The van der Waals surface area contributed by atoms with Gasteiger partial charge in [-0.2, -0.15) is 0 Å². The van der Waals surface area contributed by atoms with E-state index < -0.39 is 0 Å². The normalized spacial score (nSPS) is 13.3. The fourth-order valence-electron chi connectivity index (χ4n) is 5.81. The second kappa shape index (κ2) is 9.80. The van der Waals surface area contributed by atoms with E-state index in [4.69, 9.17) is 4.98 Å². The van der Waals surface area contributed by atoms with Crippen molar-refractivity contribution >= 4 is 55.0 Å². The highest BCUT2D eigenvalue weighted by molar-refractivity contribution is 7.21. The third-order valence-corrected chi connectivity index (χ3v) is 8.87. The number of rotatable bonds is 7. The van der Waals surface area contributed by atoms with Gasteiger partial charge in [-0.3, -0.25) is 14.5 Å². The highest BCUT2D eigenvalue weighted by Gasteiger charge is 2.33. The number of imide groups is 1. The van der Waals surface area contributed by atoms with Gasteiger partial charge in [-0.15, -0.1) is 17.9 Å². The maximum atomic E-state index is 13.5. The molecule has 6 nitrogen and oxygen atoms in total. The average molecular weight is 557 g/mol. The quantitative estimate of drug-likeness (QED) is 0.156. The summed E-state index contributed by atoms with van der Waals surface area (Å²) in [6, 6.07) is 24.3. The van der Waals surface area contributed by atoms with Crippen LogP contribution in [0.4, 0.5) is 0 Å². The molecule has 0 spiro atoms. The Morgan fingerprint density at radius 2 is 1.66 bits per heavy atom. The summed E-state index contributed by atoms with van der Waals surface area (Å²) in [5.74, 6) is -0.468. The van der Waals surface area contributed by atoms with Crippen molar-refractivity contribution in [1.29, 1.82) is 0 Å². The lowest BCUT2D eigenvalue weighted by atomic mass is 9.89. The lowest BCUT2D eigenvalue weighted by Gasteiger charge is -2.28. The minimum Gasteiger partial charge on any atom is -0.343 e. The van der Waals surface area contributed by atoms with Gasteiger partial charge < -0.3 is 9.47 Å². The molecule has 1 aliphatic rings. The number of hydrogen-bond donors (Lipinski definition) is 0. The monoisotopic (exact) mass is 556 g/mol. The van der Waals surface area contributed by atoms with E-state index in [1.54, 1.807) is 11.3 Å². The molecule has 0 atom stereocenters. The minimum atomic E-state index is -0.234. The molecular formula is C34H28N4O2S. The molecular weight excluding hydrogens is 528 g/mol. The van der Waals surface area contributed by atoms with E-state index in [1.807, 2.05) is 73.6 Å². The van der Waals surface area contributed by atoms with Crippen LogP contribution in [0.2, 0.25) is 0 Å². The maximum Gasteiger partial charge on any atom is 0.261 e. The molecule has 7 heteroatoms. The smallest absolute Gasteiger partial charge is 0.261 e. The molecule has 0 radical (unpaired) electrons. The zero-order valence-corrected chi connectivity index (χ0v) is 23.7. The van der Waals surface area contributed by atoms with E-state index in [2.05, 4.69) is 41.6 Å². The van der Waals surface area contributed by atoms with Gasteiger partial charge in [-0.05, 0) is 67.0 Å². The summed E-state index contributed by atoms with van der Waals surface area (Å²) >= 11 is 1.69. The van der Waals surface area contributed by atoms with Crippen molar-refractivity contribution in [3.05, 3.63) is 103 Å². The van der Waals surface area contributed by atoms with Crippen molar-refractivity contribution in [3.8, 4) is 21.7 Å². The van der Waals surface area contributed by atoms with Crippen molar-refractivity contribution in [2.75, 3.05) is 27.2 Å². The number of amides is 2. The summed E-state index contributed by atoms with van der Waals surface area (Å²) in [5.41, 5.74) is 6.33. The Labute approximate surface area is 241 Å². The topological polar surface area (TPSA) is 58.4 Å². The van der Waals surface area contributed by atoms with Crippen molar-refractivity contribution in [2.24, 2.45) is 0 Å². The summed E-state index contributed by atoms with van der Waals surface area (Å²) < 4.78 is 3.35. The third kappa shape index (κ3) is 4.08. The zero-order valence-electron chi connectivity index (χ0n) is 22.9. The van der Waals surface area contributed by atoms with Crippen LogP contribution in [0.5, 0.6) is 0 Å². The van der Waals surface area contributed by atoms with Crippen LogP contribution in [-0.4, -0.2) is 58.4 Å². The first-order valence-electron chi connectivity index (χ1n) is 13.6. The number of fused-ring (bicyclic) bond motifs is 2. The molecule has 0 unspecified atom stereocenters. The molecule has 0 saturated heterocycles. The van der Waals surface area contributed by atoms with Crippen molar-refractivity contribution in [2.45, 2.75) is 6.54 Å². The first-order chi connectivity index (χ1) is 19.9. The number of para-hydroxylation sites is 1. The van der Waals surface area contributed by atoms with E-state index in [9.17, 15) is 9.59 Å². The van der Waals surface area contributed by atoms with Gasteiger partial charge in [-0.1, -0.05) is 42.5 Å². The van der Waals surface area contributed by atoms with Crippen LogP contribution in [0.1, 0.15) is 20.7 Å². The van der Waals surface area contributed by atoms with Gasteiger partial charge in [0.1, 0.15) is 5.01 Å². The van der Waals surface area contributed by atoms with Crippen LogP contribution in [0.25, 0.3) is 53.6 Å². The number of nitrogens with zero attached hydrogens (tertiary/aromatic N) is 4. The van der Waals surface area contributed by atoms with Crippen molar-refractivity contribution in [3.63, 3.8) is 0 Å². The molecule has 0 saturated carbocycles. The number of carbonyl (C=O) groups excluding carboxylic acids is 2. The molecule has 2 aromatic heterocycles. The number of allylic oxidation sites excluding steroid dienone is 1. The summed E-state index contributed by atoms with van der Waals surface area (Å²) in [5, 5.41) is 3.71. The van der Waals surface area contributed by atoms with E-state index in [1.165, 1.54) is 4.90 Å². The van der Waals surface area contributed by atoms with Crippen molar-refractivity contribution < 1.29 is 9.59 Å². The number of carbonyl (C=O) groups is 2. The molecule has 4 aromatic carbocycles. The molecule has 41 heavy (non-hydrogen) atoms. The van der Waals surface area contributed by atoms with E-state index >= 15 is 0 Å². The summed E-state index contributed by atoms with van der Waals surface area (Å²) in [4.78, 5) is 35.2. The van der Waals surface area contributed by atoms with Gasteiger partial charge in [0.15, 0.2) is 0 Å². The second-order valence-corrected chi connectivity index (χ2v) is 11.7. The Balaban J connectivity index is 1.39. The fraction of sp³-hybridized carbons (Fsp3) is 0.147. The summed E-state index contributed by atoms with van der Waals surface area (Å²) in [6.45, 7) is 5.61. The molecule has 0 N–H and O–H groups in total. The Bertz CT molecular complexity index is 1980. The van der Waals surface area contributed by atoms with Gasteiger partial charge in [0.25, 0.3) is 11.8 Å². The van der Waals surface area contributed by atoms with Crippen LogP contribution in [0.3, 0.4) is 0 Å². The zero-order chi connectivity index (χ0) is 28.2. The molecule has 3 heterocycles. The van der Waals surface area contributed by atoms with Gasteiger partial charge in [0.05, 0.1) is 10.2 Å². The molecule has 0 aliphatic carbocycles.